The molecule has 8 heteroatoms. The highest BCUT2D eigenvalue weighted by molar-refractivity contribution is 7.18. The number of hydrogen-bond acceptors (Lipinski definition) is 5. The van der Waals surface area contributed by atoms with E-state index in [9.17, 15) is 9.59 Å². The Morgan fingerprint density at radius 1 is 0.968 bits per heavy atom. The highest BCUT2D eigenvalue weighted by atomic mass is 32.1. The number of amides is 3. The molecule has 1 aromatic heterocycles. The molecule has 1 heterocycles. The predicted molar refractivity (Wildman–Crippen MR) is 125 cm³/mol. The molecule has 0 bridgehead atoms. The van der Waals surface area contributed by atoms with Crippen LogP contribution in [0.15, 0.2) is 54.6 Å². The molecule has 0 spiro atoms. The van der Waals surface area contributed by atoms with Crippen LogP contribution in [0.25, 0.3) is 10.6 Å². The van der Waals surface area contributed by atoms with Crippen LogP contribution in [0.5, 0.6) is 0 Å². The fraction of sp³-hybridized carbons (Fsp3) is 0.304. The first-order valence-corrected chi connectivity index (χ1v) is 11.2. The topological polar surface area (TPSA) is 96.0 Å². The minimum absolute atomic E-state index is 0.0604. The van der Waals surface area contributed by atoms with Crippen LogP contribution in [0.1, 0.15) is 32.8 Å². The SMILES string of the molecule is CCc1ccc(NC(=O)NC(C(=O)Nc2nnc(-c3ccccc3)s2)C(C)CC)cc1. The number of hydrogen-bond donors (Lipinski definition) is 3. The lowest BCUT2D eigenvalue weighted by Crippen LogP contribution is -2.49. The number of urea groups is 1. The minimum atomic E-state index is -0.705. The summed E-state index contributed by atoms with van der Waals surface area (Å²) in [5.74, 6) is -0.378. The molecule has 2 atom stereocenters. The van der Waals surface area contributed by atoms with E-state index in [0.29, 0.717) is 10.8 Å². The number of benzene rings is 2. The molecule has 0 aliphatic carbocycles. The van der Waals surface area contributed by atoms with Crippen molar-refractivity contribution in [2.24, 2.45) is 5.92 Å². The molecule has 31 heavy (non-hydrogen) atoms. The summed E-state index contributed by atoms with van der Waals surface area (Å²) in [6.07, 6.45) is 1.66. The Morgan fingerprint density at radius 2 is 1.68 bits per heavy atom. The van der Waals surface area contributed by atoms with Gasteiger partial charge in [0.2, 0.25) is 11.0 Å². The predicted octanol–water partition coefficient (Wildman–Crippen LogP) is 4.94. The third kappa shape index (κ3) is 6.11. The zero-order chi connectivity index (χ0) is 22.2. The quantitative estimate of drug-likeness (QED) is 0.465. The minimum Gasteiger partial charge on any atom is -0.326 e. The van der Waals surface area contributed by atoms with Gasteiger partial charge in [-0.05, 0) is 30.0 Å². The van der Waals surface area contributed by atoms with Crippen molar-refractivity contribution in [2.45, 2.75) is 39.7 Å². The van der Waals surface area contributed by atoms with Crippen molar-refractivity contribution in [1.29, 1.82) is 0 Å². The van der Waals surface area contributed by atoms with Gasteiger partial charge in [-0.1, -0.05) is 81.0 Å². The lowest BCUT2D eigenvalue weighted by atomic mass is 9.98. The van der Waals surface area contributed by atoms with Crippen molar-refractivity contribution in [1.82, 2.24) is 15.5 Å². The van der Waals surface area contributed by atoms with Gasteiger partial charge in [-0.3, -0.25) is 10.1 Å². The monoisotopic (exact) mass is 437 g/mol. The van der Waals surface area contributed by atoms with Crippen LogP contribution in [-0.2, 0) is 11.2 Å². The van der Waals surface area contributed by atoms with Gasteiger partial charge in [0.05, 0.1) is 0 Å². The van der Waals surface area contributed by atoms with Gasteiger partial charge < -0.3 is 10.6 Å². The second-order valence-corrected chi connectivity index (χ2v) is 8.26. The molecular weight excluding hydrogens is 410 g/mol. The normalized spacial score (nSPS) is 12.6. The molecule has 0 saturated heterocycles. The van der Waals surface area contributed by atoms with Crippen molar-refractivity contribution in [3.05, 3.63) is 60.2 Å². The second kappa shape index (κ2) is 10.7. The zero-order valence-electron chi connectivity index (χ0n) is 17.9. The molecule has 0 fully saturated rings. The van der Waals surface area contributed by atoms with Gasteiger partial charge in [0.15, 0.2) is 0 Å². The van der Waals surface area contributed by atoms with Gasteiger partial charge in [0.1, 0.15) is 11.0 Å². The van der Waals surface area contributed by atoms with E-state index in [0.717, 1.165) is 23.4 Å². The summed E-state index contributed by atoms with van der Waals surface area (Å²) in [5, 5.41) is 17.7. The van der Waals surface area contributed by atoms with Crippen molar-refractivity contribution in [3.8, 4) is 10.6 Å². The van der Waals surface area contributed by atoms with Crippen LogP contribution in [0, 0.1) is 5.92 Å². The first-order valence-electron chi connectivity index (χ1n) is 10.4. The molecule has 0 saturated carbocycles. The first kappa shape index (κ1) is 22.4. The maximum Gasteiger partial charge on any atom is 0.319 e. The highest BCUT2D eigenvalue weighted by Gasteiger charge is 2.27. The maximum atomic E-state index is 12.9. The number of nitrogens with one attached hydrogen (secondary N) is 3. The summed E-state index contributed by atoms with van der Waals surface area (Å²) >= 11 is 1.29. The number of nitrogens with zero attached hydrogens (tertiary/aromatic N) is 2. The van der Waals surface area contributed by atoms with Crippen molar-refractivity contribution in [2.75, 3.05) is 10.6 Å². The number of carbonyl (C=O) groups is 2. The Kier molecular flexibility index (Phi) is 7.72. The Hall–Kier alpha value is -3.26. The van der Waals surface area contributed by atoms with E-state index in [-0.39, 0.29) is 11.8 Å². The van der Waals surface area contributed by atoms with E-state index < -0.39 is 12.1 Å². The van der Waals surface area contributed by atoms with Crippen LogP contribution < -0.4 is 16.0 Å². The van der Waals surface area contributed by atoms with E-state index in [1.165, 1.54) is 16.9 Å². The fourth-order valence-corrected chi connectivity index (χ4v) is 3.74. The van der Waals surface area contributed by atoms with E-state index in [1.807, 2.05) is 68.4 Å². The number of aromatic nitrogens is 2. The van der Waals surface area contributed by atoms with E-state index in [2.05, 4.69) is 33.1 Å². The van der Waals surface area contributed by atoms with Crippen molar-refractivity contribution in [3.63, 3.8) is 0 Å². The van der Waals surface area contributed by atoms with Crippen molar-refractivity contribution < 1.29 is 9.59 Å². The molecule has 0 radical (unpaired) electrons. The van der Waals surface area contributed by atoms with Gasteiger partial charge >= 0.3 is 6.03 Å². The summed E-state index contributed by atoms with van der Waals surface area (Å²) < 4.78 is 0. The van der Waals surface area contributed by atoms with Gasteiger partial charge in [-0.2, -0.15) is 0 Å². The molecule has 0 aliphatic heterocycles. The molecule has 3 rings (SSSR count). The third-order valence-electron chi connectivity index (χ3n) is 5.08. The Labute approximate surface area is 186 Å². The maximum absolute atomic E-state index is 12.9. The zero-order valence-corrected chi connectivity index (χ0v) is 18.7. The molecule has 3 amide bonds. The van der Waals surface area contributed by atoms with Gasteiger partial charge in [-0.15, -0.1) is 10.2 Å². The molecular formula is C23H27N5O2S. The molecule has 2 aromatic carbocycles. The molecule has 3 aromatic rings. The molecule has 2 unspecified atom stereocenters. The lowest BCUT2D eigenvalue weighted by molar-refractivity contribution is -0.119. The second-order valence-electron chi connectivity index (χ2n) is 7.28. The largest absolute Gasteiger partial charge is 0.326 e. The van der Waals surface area contributed by atoms with Crippen LogP contribution in [0.2, 0.25) is 0 Å². The van der Waals surface area contributed by atoms with Crippen molar-refractivity contribution >= 4 is 34.1 Å². The smallest absolute Gasteiger partial charge is 0.319 e. The summed E-state index contributed by atoms with van der Waals surface area (Å²) in [6, 6.07) is 16.2. The number of rotatable bonds is 8. The average Bonchev–Trinajstić information content (AvgIpc) is 3.26. The highest BCUT2D eigenvalue weighted by Crippen LogP contribution is 2.26. The summed E-state index contributed by atoms with van der Waals surface area (Å²) in [7, 11) is 0. The molecule has 7 nitrogen and oxygen atoms in total. The molecule has 3 N–H and O–H groups in total. The lowest BCUT2D eigenvalue weighted by Gasteiger charge is -2.23. The van der Waals surface area contributed by atoms with Crippen LogP contribution in [-0.4, -0.2) is 28.2 Å². The van der Waals surface area contributed by atoms with Gasteiger partial charge in [-0.25, -0.2) is 4.79 Å². The average molecular weight is 438 g/mol. The summed E-state index contributed by atoms with van der Waals surface area (Å²) in [4.78, 5) is 25.4. The van der Waals surface area contributed by atoms with Crippen LogP contribution in [0.4, 0.5) is 15.6 Å². The van der Waals surface area contributed by atoms with E-state index >= 15 is 0 Å². The van der Waals surface area contributed by atoms with E-state index in [1.54, 1.807) is 0 Å². The summed E-state index contributed by atoms with van der Waals surface area (Å²) in [5.41, 5.74) is 2.80. The fourth-order valence-electron chi connectivity index (χ4n) is 2.99. The Morgan fingerprint density at radius 3 is 2.32 bits per heavy atom. The summed E-state index contributed by atoms with van der Waals surface area (Å²) in [6.45, 7) is 5.98. The number of anilines is 2. The molecule has 0 aliphatic rings. The number of carbonyl (C=O) groups excluding carboxylic acids is 2. The Bertz CT molecular complexity index is 1000. The van der Waals surface area contributed by atoms with E-state index in [4.69, 9.17) is 0 Å². The first-order chi connectivity index (χ1) is 15.0. The van der Waals surface area contributed by atoms with Gasteiger partial charge in [0.25, 0.3) is 0 Å². The Balaban J connectivity index is 1.65. The standard InChI is InChI=1S/C23H27N5O2S/c1-4-15(3)19(25-22(30)24-18-13-11-16(5-2)12-14-18)20(29)26-23-28-27-21(31-23)17-9-7-6-8-10-17/h6-15,19H,4-5H2,1-3H3,(H2,24,25,30)(H,26,28,29). The number of aryl methyl sites for hydroxylation is 1. The van der Waals surface area contributed by atoms with Crippen LogP contribution >= 0.6 is 11.3 Å². The molecule has 162 valence electrons. The van der Waals surface area contributed by atoms with Gasteiger partial charge in [0, 0.05) is 11.3 Å². The third-order valence-corrected chi connectivity index (χ3v) is 5.97. The van der Waals surface area contributed by atoms with Crippen LogP contribution in [0.3, 0.4) is 0 Å².